The van der Waals surface area contributed by atoms with Crippen molar-refractivity contribution in [3.63, 3.8) is 0 Å². The first-order valence-electron chi connectivity index (χ1n) is 5.75. The number of halogens is 2. The first-order valence-corrected chi connectivity index (χ1v) is 5.75. The minimum atomic E-state index is -1.28. The van der Waals surface area contributed by atoms with Gasteiger partial charge in [0.25, 0.3) is 5.91 Å². The number of carbonyl (C=O) groups excluding carboxylic acids is 1. The zero-order valence-electron chi connectivity index (χ0n) is 10.3. The van der Waals surface area contributed by atoms with Crippen LogP contribution in [0, 0.1) is 11.6 Å². The number of hydrogen-bond acceptors (Lipinski definition) is 4. The summed E-state index contributed by atoms with van der Waals surface area (Å²) >= 11 is 0. The number of amides is 1. The van der Waals surface area contributed by atoms with Crippen LogP contribution in [-0.4, -0.2) is 27.5 Å². The third-order valence-corrected chi connectivity index (χ3v) is 2.57. The molecule has 0 aliphatic heterocycles. The van der Waals surface area contributed by atoms with Crippen molar-refractivity contribution in [1.29, 1.82) is 0 Å². The van der Waals surface area contributed by atoms with Crippen LogP contribution in [0.4, 0.5) is 8.78 Å². The van der Waals surface area contributed by atoms with Gasteiger partial charge in [-0.05, 0) is 6.07 Å². The highest BCUT2D eigenvalue weighted by Gasteiger charge is 2.15. The summed E-state index contributed by atoms with van der Waals surface area (Å²) in [5.74, 6) is -2.15. The number of nitrogens with zero attached hydrogens (tertiary/aromatic N) is 2. The van der Waals surface area contributed by atoms with Gasteiger partial charge in [-0.25, -0.2) is 13.8 Å². The van der Waals surface area contributed by atoms with E-state index in [1.54, 1.807) is 0 Å². The van der Waals surface area contributed by atoms with Gasteiger partial charge in [0.05, 0.1) is 12.3 Å². The van der Waals surface area contributed by atoms with E-state index in [0.29, 0.717) is 6.07 Å². The van der Waals surface area contributed by atoms with Crippen LogP contribution in [0.2, 0.25) is 0 Å². The van der Waals surface area contributed by atoms with Crippen molar-refractivity contribution in [2.75, 3.05) is 6.54 Å². The van der Waals surface area contributed by atoms with Crippen LogP contribution >= 0.6 is 0 Å². The largest absolute Gasteiger partial charge is 0.386 e. The number of nitrogens with one attached hydrogen (secondary N) is 1. The molecule has 20 heavy (non-hydrogen) atoms. The van der Waals surface area contributed by atoms with Crippen LogP contribution in [0.1, 0.15) is 22.2 Å². The van der Waals surface area contributed by atoms with Gasteiger partial charge in [-0.15, -0.1) is 0 Å². The van der Waals surface area contributed by atoms with Crippen LogP contribution in [0.15, 0.2) is 36.8 Å². The second-order valence-electron chi connectivity index (χ2n) is 3.98. The van der Waals surface area contributed by atoms with E-state index in [-0.39, 0.29) is 17.8 Å². The normalized spacial score (nSPS) is 11.9. The van der Waals surface area contributed by atoms with Crippen molar-refractivity contribution in [2.45, 2.75) is 6.10 Å². The standard InChI is InChI=1S/C13H11F2N3O2/c14-8-1-2-9(10(15)5-8)12(19)7-18-13(20)11-6-16-3-4-17-11/h1-6,12,19H,7H2,(H,18,20)/t12-/m1/s1. The number of rotatable bonds is 4. The molecule has 1 heterocycles. The van der Waals surface area contributed by atoms with Gasteiger partial charge in [0, 0.05) is 30.6 Å². The summed E-state index contributed by atoms with van der Waals surface area (Å²) in [6.45, 7) is -0.224. The molecule has 104 valence electrons. The smallest absolute Gasteiger partial charge is 0.271 e. The molecule has 1 aromatic heterocycles. The molecule has 2 aromatic rings. The van der Waals surface area contributed by atoms with E-state index < -0.39 is 23.6 Å². The molecule has 0 saturated heterocycles. The molecular formula is C13H11F2N3O2. The van der Waals surface area contributed by atoms with Crippen LogP contribution in [0.25, 0.3) is 0 Å². The molecule has 0 radical (unpaired) electrons. The van der Waals surface area contributed by atoms with E-state index in [1.165, 1.54) is 18.6 Å². The molecule has 7 heteroatoms. The topological polar surface area (TPSA) is 75.1 Å². The van der Waals surface area contributed by atoms with E-state index >= 15 is 0 Å². The van der Waals surface area contributed by atoms with Crippen molar-refractivity contribution >= 4 is 5.91 Å². The fourth-order valence-corrected chi connectivity index (χ4v) is 1.58. The minimum absolute atomic E-state index is 0.0827. The number of aromatic nitrogens is 2. The molecule has 2 N–H and O–H groups in total. The number of benzene rings is 1. The fraction of sp³-hybridized carbons (Fsp3) is 0.154. The van der Waals surface area contributed by atoms with Gasteiger partial charge in [0.2, 0.25) is 0 Å². The molecule has 1 aromatic carbocycles. The van der Waals surface area contributed by atoms with Crippen molar-refractivity contribution in [3.05, 3.63) is 59.7 Å². The van der Waals surface area contributed by atoms with Gasteiger partial charge in [-0.1, -0.05) is 6.07 Å². The Bertz CT molecular complexity index is 608. The molecular weight excluding hydrogens is 268 g/mol. The second-order valence-corrected chi connectivity index (χ2v) is 3.98. The average molecular weight is 279 g/mol. The van der Waals surface area contributed by atoms with Gasteiger partial charge >= 0.3 is 0 Å². The molecule has 2 rings (SSSR count). The Morgan fingerprint density at radius 2 is 2.15 bits per heavy atom. The number of aliphatic hydroxyl groups is 1. The van der Waals surface area contributed by atoms with E-state index in [0.717, 1.165) is 12.1 Å². The Morgan fingerprint density at radius 1 is 1.35 bits per heavy atom. The van der Waals surface area contributed by atoms with Gasteiger partial charge < -0.3 is 10.4 Å². The van der Waals surface area contributed by atoms with Crippen LogP contribution in [0.3, 0.4) is 0 Å². The van der Waals surface area contributed by atoms with Gasteiger partial charge in [-0.2, -0.15) is 0 Å². The molecule has 1 atom stereocenters. The molecule has 0 fully saturated rings. The fourth-order valence-electron chi connectivity index (χ4n) is 1.58. The summed E-state index contributed by atoms with van der Waals surface area (Å²) in [5.41, 5.74) is -0.00914. The maximum absolute atomic E-state index is 13.4. The monoisotopic (exact) mass is 279 g/mol. The maximum atomic E-state index is 13.4. The molecule has 0 bridgehead atoms. The predicted octanol–water partition coefficient (Wildman–Crippen LogP) is 1.22. The molecule has 0 aliphatic carbocycles. The summed E-state index contributed by atoms with van der Waals surface area (Å²) in [6, 6.07) is 2.83. The lowest BCUT2D eigenvalue weighted by Gasteiger charge is -2.12. The number of carbonyl (C=O) groups is 1. The van der Waals surface area contributed by atoms with Crippen molar-refractivity contribution in [2.24, 2.45) is 0 Å². The third-order valence-electron chi connectivity index (χ3n) is 2.57. The van der Waals surface area contributed by atoms with Gasteiger partial charge in [-0.3, -0.25) is 9.78 Å². The van der Waals surface area contributed by atoms with Crippen molar-refractivity contribution in [3.8, 4) is 0 Å². The first-order chi connectivity index (χ1) is 9.58. The first kappa shape index (κ1) is 14.0. The Hall–Kier alpha value is -2.41. The van der Waals surface area contributed by atoms with E-state index in [9.17, 15) is 18.7 Å². The third kappa shape index (κ3) is 3.33. The van der Waals surface area contributed by atoms with Crippen LogP contribution < -0.4 is 5.32 Å². The average Bonchev–Trinajstić information content (AvgIpc) is 2.45. The Morgan fingerprint density at radius 3 is 2.80 bits per heavy atom. The quantitative estimate of drug-likeness (QED) is 0.882. The maximum Gasteiger partial charge on any atom is 0.271 e. The minimum Gasteiger partial charge on any atom is -0.386 e. The second kappa shape index (κ2) is 6.16. The van der Waals surface area contributed by atoms with Crippen molar-refractivity contribution < 1.29 is 18.7 Å². The summed E-state index contributed by atoms with van der Waals surface area (Å²) in [5, 5.41) is 12.2. The molecule has 5 nitrogen and oxygen atoms in total. The zero-order chi connectivity index (χ0) is 14.5. The highest BCUT2D eigenvalue weighted by atomic mass is 19.1. The van der Waals surface area contributed by atoms with E-state index in [1.807, 2.05) is 0 Å². The molecule has 0 spiro atoms. The lowest BCUT2D eigenvalue weighted by Crippen LogP contribution is -2.29. The molecule has 0 unspecified atom stereocenters. The lowest BCUT2D eigenvalue weighted by molar-refractivity contribution is 0.0908. The molecule has 0 saturated carbocycles. The predicted molar refractivity (Wildman–Crippen MR) is 65.7 cm³/mol. The highest BCUT2D eigenvalue weighted by molar-refractivity contribution is 5.91. The number of hydrogen-bond donors (Lipinski definition) is 2. The Kier molecular flexibility index (Phi) is 4.31. The Labute approximate surface area is 113 Å². The summed E-state index contributed by atoms with van der Waals surface area (Å²) in [7, 11) is 0. The lowest BCUT2D eigenvalue weighted by atomic mass is 10.1. The molecule has 1 amide bonds. The van der Waals surface area contributed by atoms with E-state index in [2.05, 4.69) is 15.3 Å². The van der Waals surface area contributed by atoms with Crippen LogP contribution in [0.5, 0.6) is 0 Å². The summed E-state index contributed by atoms with van der Waals surface area (Å²) in [6.07, 6.45) is 2.75. The number of aliphatic hydroxyl groups excluding tert-OH is 1. The SMILES string of the molecule is O=C(NC[C@@H](O)c1ccc(F)cc1F)c1cnccn1. The van der Waals surface area contributed by atoms with Gasteiger partial charge in [0.1, 0.15) is 17.3 Å². The summed E-state index contributed by atoms with van der Waals surface area (Å²) < 4.78 is 26.2. The zero-order valence-corrected chi connectivity index (χ0v) is 10.3. The Balaban J connectivity index is 1.98. The highest BCUT2D eigenvalue weighted by Crippen LogP contribution is 2.17. The van der Waals surface area contributed by atoms with Gasteiger partial charge in [0.15, 0.2) is 0 Å². The summed E-state index contributed by atoms with van der Waals surface area (Å²) in [4.78, 5) is 19.1. The van der Waals surface area contributed by atoms with Crippen LogP contribution in [-0.2, 0) is 0 Å². The van der Waals surface area contributed by atoms with E-state index in [4.69, 9.17) is 0 Å². The molecule has 0 aliphatic rings. The van der Waals surface area contributed by atoms with Crippen molar-refractivity contribution in [1.82, 2.24) is 15.3 Å².